The predicted molar refractivity (Wildman–Crippen MR) is 57.8 cm³/mol. The Morgan fingerprint density at radius 2 is 2.00 bits per heavy atom. The van der Waals surface area contributed by atoms with Gasteiger partial charge in [0.05, 0.1) is 0 Å². The van der Waals surface area contributed by atoms with Gasteiger partial charge < -0.3 is 10.3 Å². The smallest absolute Gasteiger partial charge is 0.164 e. The number of benzene rings is 1. The van der Waals surface area contributed by atoms with E-state index in [4.69, 9.17) is 11.0 Å². The Hall–Kier alpha value is -2.28. The van der Waals surface area contributed by atoms with E-state index in [2.05, 4.69) is 4.98 Å². The van der Waals surface area contributed by atoms with E-state index in [-0.39, 0.29) is 5.82 Å². The highest BCUT2D eigenvalue weighted by Gasteiger charge is 2.12. The zero-order valence-electron chi connectivity index (χ0n) is 8.31. The van der Waals surface area contributed by atoms with Crippen molar-refractivity contribution in [3.63, 3.8) is 0 Å². The van der Waals surface area contributed by atoms with E-state index in [1.807, 2.05) is 36.4 Å². The summed E-state index contributed by atoms with van der Waals surface area (Å²) in [5, 5.41) is 8.87. The molecule has 0 unspecified atom stereocenters. The Bertz CT molecular complexity index is 520. The van der Waals surface area contributed by atoms with E-state index in [9.17, 15) is 0 Å². The summed E-state index contributed by atoms with van der Waals surface area (Å²) >= 11 is 0. The lowest BCUT2D eigenvalue weighted by Crippen LogP contribution is -1.96. The average Bonchev–Trinajstić information content (AvgIpc) is 2.55. The third-order valence-electron chi connectivity index (χ3n) is 2.26. The van der Waals surface area contributed by atoms with Crippen LogP contribution >= 0.6 is 0 Å². The molecule has 0 aliphatic carbocycles. The van der Waals surface area contributed by atoms with Crippen LogP contribution in [0.25, 0.3) is 11.4 Å². The number of anilines is 1. The fraction of sp³-hybridized carbons (Fsp3) is 0.0909. The molecule has 74 valence electrons. The molecule has 0 saturated carbocycles. The first-order valence-electron chi connectivity index (χ1n) is 4.51. The summed E-state index contributed by atoms with van der Waals surface area (Å²) in [6.45, 7) is 0. The van der Waals surface area contributed by atoms with E-state index < -0.39 is 0 Å². The Labute approximate surface area is 87.6 Å². The maximum absolute atomic E-state index is 8.87. The minimum atomic E-state index is 0.277. The number of nitriles is 1. The van der Waals surface area contributed by atoms with Crippen LogP contribution in [0, 0.1) is 11.3 Å². The summed E-state index contributed by atoms with van der Waals surface area (Å²) < 4.78 is 1.70. The molecular weight excluding hydrogens is 188 g/mol. The SMILES string of the molecule is Cn1c(-c2ccccc2)nc(N)c1C#N. The predicted octanol–water partition coefficient (Wildman–Crippen LogP) is 1.54. The number of aromatic nitrogens is 2. The first-order valence-corrected chi connectivity index (χ1v) is 4.51. The standard InChI is InChI=1S/C11H10N4/c1-15-9(7-12)10(13)14-11(15)8-5-3-2-4-6-8/h2-6H,13H2,1H3. The van der Waals surface area contributed by atoms with Crippen molar-refractivity contribution < 1.29 is 0 Å². The normalized spacial score (nSPS) is 9.87. The summed E-state index contributed by atoms with van der Waals surface area (Å²) in [5.41, 5.74) is 6.98. The average molecular weight is 198 g/mol. The molecule has 15 heavy (non-hydrogen) atoms. The molecule has 0 bridgehead atoms. The first kappa shape index (κ1) is 9.28. The van der Waals surface area contributed by atoms with Crippen LogP contribution in [0.2, 0.25) is 0 Å². The first-order chi connectivity index (χ1) is 7.24. The minimum Gasteiger partial charge on any atom is -0.381 e. The molecule has 0 aliphatic heterocycles. The quantitative estimate of drug-likeness (QED) is 0.755. The Kier molecular flexibility index (Phi) is 2.14. The van der Waals surface area contributed by atoms with E-state index in [0.29, 0.717) is 11.5 Å². The summed E-state index contributed by atoms with van der Waals surface area (Å²) in [6, 6.07) is 11.7. The summed E-state index contributed by atoms with van der Waals surface area (Å²) in [7, 11) is 1.78. The lowest BCUT2D eigenvalue weighted by atomic mass is 10.2. The summed E-state index contributed by atoms with van der Waals surface area (Å²) in [6.07, 6.45) is 0. The van der Waals surface area contributed by atoms with Crippen LogP contribution < -0.4 is 5.73 Å². The largest absolute Gasteiger partial charge is 0.381 e. The molecule has 1 aromatic carbocycles. The lowest BCUT2D eigenvalue weighted by Gasteiger charge is -2.00. The minimum absolute atomic E-state index is 0.277. The number of nitrogens with zero attached hydrogens (tertiary/aromatic N) is 3. The Morgan fingerprint density at radius 3 is 2.53 bits per heavy atom. The molecular formula is C11H10N4. The van der Waals surface area contributed by atoms with Crippen molar-refractivity contribution in [2.75, 3.05) is 5.73 Å². The van der Waals surface area contributed by atoms with Crippen LogP contribution in [0.4, 0.5) is 5.82 Å². The van der Waals surface area contributed by atoms with Crippen molar-refractivity contribution in [2.24, 2.45) is 7.05 Å². The van der Waals surface area contributed by atoms with Gasteiger partial charge in [-0.15, -0.1) is 0 Å². The zero-order chi connectivity index (χ0) is 10.8. The monoisotopic (exact) mass is 198 g/mol. The molecule has 0 fully saturated rings. The van der Waals surface area contributed by atoms with Gasteiger partial charge in [0.1, 0.15) is 11.9 Å². The van der Waals surface area contributed by atoms with Gasteiger partial charge in [0, 0.05) is 12.6 Å². The van der Waals surface area contributed by atoms with E-state index >= 15 is 0 Å². The van der Waals surface area contributed by atoms with Gasteiger partial charge in [-0.05, 0) is 0 Å². The molecule has 4 heteroatoms. The molecule has 0 amide bonds. The molecule has 0 saturated heterocycles. The van der Waals surface area contributed by atoms with Gasteiger partial charge in [-0.1, -0.05) is 30.3 Å². The second-order valence-corrected chi connectivity index (χ2v) is 3.21. The van der Waals surface area contributed by atoms with Crippen molar-refractivity contribution in [3.05, 3.63) is 36.0 Å². The Balaban J connectivity index is 2.62. The van der Waals surface area contributed by atoms with E-state index in [0.717, 1.165) is 5.56 Å². The number of nitrogen functional groups attached to an aromatic ring is 1. The van der Waals surface area contributed by atoms with Crippen LogP contribution in [0.5, 0.6) is 0 Å². The van der Waals surface area contributed by atoms with Crippen LogP contribution in [-0.2, 0) is 7.05 Å². The number of hydrogen-bond acceptors (Lipinski definition) is 3. The molecule has 0 radical (unpaired) electrons. The van der Waals surface area contributed by atoms with Crippen molar-refractivity contribution in [3.8, 4) is 17.5 Å². The maximum atomic E-state index is 8.87. The highest BCUT2D eigenvalue weighted by atomic mass is 15.1. The number of imidazole rings is 1. The van der Waals surface area contributed by atoms with Crippen LogP contribution in [0.3, 0.4) is 0 Å². The molecule has 1 aromatic heterocycles. The second-order valence-electron chi connectivity index (χ2n) is 3.21. The van der Waals surface area contributed by atoms with Crippen LogP contribution in [-0.4, -0.2) is 9.55 Å². The summed E-state index contributed by atoms with van der Waals surface area (Å²) in [5.74, 6) is 0.989. The van der Waals surface area contributed by atoms with Crippen molar-refractivity contribution in [2.45, 2.75) is 0 Å². The fourth-order valence-corrected chi connectivity index (χ4v) is 1.50. The van der Waals surface area contributed by atoms with Gasteiger partial charge in [-0.25, -0.2) is 4.98 Å². The summed E-state index contributed by atoms with van der Waals surface area (Å²) in [4.78, 5) is 4.17. The van der Waals surface area contributed by atoms with E-state index in [1.165, 1.54) is 0 Å². The number of hydrogen-bond donors (Lipinski definition) is 1. The number of nitrogens with two attached hydrogens (primary N) is 1. The highest BCUT2D eigenvalue weighted by molar-refractivity contribution is 5.62. The molecule has 0 aliphatic rings. The van der Waals surface area contributed by atoms with Crippen LogP contribution in [0.1, 0.15) is 5.69 Å². The molecule has 2 aromatic rings. The van der Waals surface area contributed by atoms with Crippen molar-refractivity contribution in [1.29, 1.82) is 5.26 Å². The van der Waals surface area contributed by atoms with Gasteiger partial charge in [-0.2, -0.15) is 5.26 Å². The van der Waals surface area contributed by atoms with Gasteiger partial charge in [0.15, 0.2) is 11.5 Å². The van der Waals surface area contributed by atoms with Gasteiger partial charge in [0.25, 0.3) is 0 Å². The number of rotatable bonds is 1. The van der Waals surface area contributed by atoms with E-state index in [1.54, 1.807) is 11.6 Å². The molecule has 2 rings (SSSR count). The second kappa shape index (κ2) is 3.46. The lowest BCUT2D eigenvalue weighted by molar-refractivity contribution is 0.908. The molecule has 2 N–H and O–H groups in total. The topological polar surface area (TPSA) is 67.6 Å². The van der Waals surface area contributed by atoms with Crippen molar-refractivity contribution >= 4 is 5.82 Å². The molecule has 1 heterocycles. The molecule has 4 nitrogen and oxygen atoms in total. The van der Waals surface area contributed by atoms with Gasteiger partial charge in [-0.3, -0.25) is 0 Å². The van der Waals surface area contributed by atoms with Gasteiger partial charge >= 0.3 is 0 Å². The molecule has 0 atom stereocenters. The highest BCUT2D eigenvalue weighted by Crippen LogP contribution is 2.21. The third-order valence-corrected chi connectivity index (χ3v) is 2.26. The third kappa shape index (κ3) is 1.44. The van der Waals surface area contributed by atoms with Gasteiger partial charge in [0.2, 0.25) is 0 Å². The van der Waals surface area contributed by atoms with Crippen molar-refractivity contribution in [1.82, 2.24) is 9.55 Å². The maximum Gasteiger partial charge on any atom is 0.164 e. The fourth-order valence-electron chi connectivity index (χ4n) is 1.50. The van der Waals surface area contributed by atoms with Crippen LogP contribution in [0.15, 0.2) is 30.3 Å². The zero-order valence-corrected chi connectivity index (χ0v) is 8.31. The Morgan fingerprint density at radius 1 is 1.33 bits per heavy atom. The molecule has 0 spiro atoms.